The Morgan fingerprint density at radius 2 is 1.83 bits per heavy atom. The van der Waals surface area contributed by atoms with Crippen LogP contribution >= 0.6 is 0 Å². The molecule has 2 amide bonds. The number of carbonyl (C=O) groups is 2. The topological polar surface area (TPSA) is 71.1 Å². The fourth-order valence-corrected chi connectivity index (χ4v) is 2.47. The maximum Gasteiger partial charge on any atom is 0.270 e. The summed E-state index contributed by atoms with van der Waals surface area (Å²) in [6.07, 6.45) is 1.97. The summed E-state index contributed by atoms with van der Waals surface area (Å²) >= 11 is 0. The van der Waals surface area contributed by atoms with Gasteiger partial charge >= 0.3 is 0 Å². The number of nitrogens with zero attached hydrogens (tertiary/aromatic N) is 1. The van der Waals surface area contributed by atoms with Crippen LogP contribution in [-0.4, -0.2) is 16.8 Å². The van der Waals surface area contributed by atoms with Crippen molar-refractivity contribution < 1.29 is 9.59 Å². The van der Waals surface area contributed by atoms with E-state index in [4.69, 9.17) is 0 Å². The zero-order valence-electron chi connectivity index (χ0n) is 13.9. The number of aromatic nitrogens is 1. The zero-order chi connectivity index (χ0) is 17.1. The third-order valence-electron chi connectivity index (χ3n) is 4.09. The second-order valence-corrected chi connectivity index (χ2v) is 6.24. The smallest absolute Gasteiger partial charge is 0.270 e. The minimum absolute atomic E-state index is 0.0922. The van der Waals surface area contributed by atoms with E-state index in [2.05, 4.69) is 15.6 Å². The number of hydrogen-bond acceptors (Lipinski definition) is 3. The molecule has 0 radical (unpaired) electrons. The van der Waals surface area contributed by atoms with E-state index in [1.54, 1.807) is 6.07 Å². The van der Waals surface area contributed by atoms with Crippen LogP contribution in [0.1, 0.15) is 47.6 Å². The Kier molecular flexibility index (Phi) is 4.60. The number of pyridine rings is 1. The minimum Gasteiger partial charge on any atom is -0.344 e. The van der Waals surface area contributed by atoms with E-state index >= 15 is 0 Å². The van der Waals surface area contributed by atoms with Crippen molar-refractivity contribution in [3.8, 4) is 0 Å². The van der Waals surface area contributed by atoms with Crippen molar-refractivity contribution in [2.45, 2.75) is 32.7 Å². The molecule has 1 fully saturated rings. The molecule has 5 nitrogen and oxygen atoms in total. The first-order chi connectivity index (χ1) is 11.5. The molecule has 0 aliphatic heterocycles. The number of anilines is 1. The molecule has 0 saturated heterocycles. The molecule has 2 N–H and O–H groups in total. The number of carbonyl (C=O) groups excluding carboxylic acids is 2. The van der Waals surface area contributed by atoms with E-state index in [1.807, 2.05) is 50.2 Å². The van der Waals surface area contributed by atoms with Crippen LogP contribution in [0.25, 0.3) is 0 Å². The Balaban J connectivity index is 1.61. The lowest BCUT2D eigenvalue weighted by Gasteiger charge is -2.15. The fourth-order valence-electron chi connectivity index (χ4n) is 2.47. The van der Waals surface area contributed by atoms with Gasteiger partial charge in [-0.25, -0.2) is 4.98 Å². The van der Waals surface area contributed by atoms with Crippen LogP contribution in [0.2, 0.25) is 0 Å². The van der Waals surface area contributed by atoms with Gasteiger partial charge in [0.25, 0.3) is 5.91 Å². The van der Waals surface area contributed by atoms with Crippen molar-refractivity contribution in [2.75, 3.05) is 5.32 Å². The number of rotatable bonds is 5. The number of aryl methyl sites for hydroxylation is 1. The van der Waals surface area contributed by atoms with Crippen LogP contribution in [0, 0.1) is 12.8 Å². The van der Waals surface area contributed by atoms with Gasteiger partial charge in [0.05, 0.1) is 6.04 Å². The summed E-state index contributed by atoms with van der Waals surface area (Å²) in [6, 6.07) is 12.8. The lowest BCUT2D eigenvalue weighted by Crippen LogP contribution is -2.27. The number of benzene rings is 1. The van der Waals surface area contributed by atoms with Crippen molar-refractivity contribution in [1.82, 2.24) is 10.3 Å². The molecule has 1 aromatic heterocycles. The number of hydrogen-bond donors (Lipinski definition) is 2. The Hall–Kier alpha value is -2.69. The first kappa shape index (κ1) is 16.2. The molecule has 1 saturated carbocycles. The van der Waals surface area contributed by atoms with Gasteiger partial charge in [-0.2, -0.15) is 0 Å². The quantitative estimate of drug-likeness (QED) is 0.887. The van der Waals surface area contributed by atoms with Crippen LogP contribution in [0.5, 0.6) is 0 Å². The average Bonchev–Trinajstić information content (AvgIpc) is 3.40. The van der Waals surface area contributed by atoms with Gasteiger partial charge in [0.2, 0.25) is 5.91 Å². The largest absolute Gasteiger partial charge is 0.344 e. The van der Waals surface area contributed by atoms with Crippen molar-refractivity contribution in [3.05, 3.63) is 59.4 Å². The highest BCUT2D eigenvalue weighted by molar-refractivity contribution is 5.94. The van der Waals surface area contributed by atoms with E-state index in [-0.39, 0.29) is 23.8 Å². The van der Waals surface area contributed by atoms with Crippen molar-refractivity contribution in [2.24, 2.45) is 5.92 Å². The molecule has 1 heterocycles. The predicted octanol–water partition coefficient (Wildman–Crippen LogP) is 3.23. The third kappa shape index (κ3) is 3.98. The molecule has 0 unspecified atom stereocenters. The van der Waals surface area contributed by atoms with Crippen LogP contribution in [0.15, 0.2) is 42.5 Å². The minimum atomic E-state index is -0.197. The maximum absolute atomic E-state index is 12.2. The van der Waals surface area contributed by atoms with Gasteiger partial charge in [0.15, 0.2) is 0 Å². The molecule has 1 aromatic carbocycles. The van der Waals surface area contributed by atoms with E-state index in [9.17, 15) is 9.59 Å². The highest BCUT2D eigenvalue weighted by Gasteiger charge is 2.29. The summed E-state index contributed by atoms with van der Waals surface area (Å²) < 4.78 is 0. The molecule has 1 atom stereocenters. The van der Waals surface area contributed by atoms with Crippen LogP contribution in [0.4, 0.5) is 5.69 Å². The Labute approximate surface area is 141 Å². The summed E-state index contributed by atoms with van der Waals surface area (Å²) in [5.41, 5.74) is 2.98. The molecule has 1 aliphatic rings. The first-order valence-electron chi connectivity index (χ1n) is 8.18. The monoisotopic (exact) mass is 323 g/mol. The van der Waals surface area contributed by atoms with Crippen LogP contribution < -0.4 is 10.6 Å². The molecule has 0 bridgehead atoms. The molecular formula is C19H21N3O2. The molecule has 5 heteroatoms. The van der Waals surface area contributed by atoms with E-state index < -0.39 is 0 Å². The first-order valence-corrected chi connectivity index (χ1v) is 8.18. The normalized spacial score (nSPS) is 14.8. The zero-order valence-corrected chi connectivity index (χ0v) is 13.9. The lowest BCUT2D eigenvalue weighted by atomic mass is 10.1. The Morgan fingerprint density at radius 1 is 1.12 bits per heavy atom. The van der Waals surface area contributed by atoms with Gasteiger partial charge < -0.3 is 10.6 Å². The number of amides is 2. The molecule has 124 valence electrons. The summed E-state index contributed by atoms with van der Waals surface area (Å²) in [7, 11) is 0. The maximum atomic E-state index is 12.2. The van der Waals surface area contributed by atoms with Gasteiger partial charge in [-0.3, -0.25) is 9.59 Å². The summed E-state index contributed by atoms with van der Waals surface area (Å²) in [5.74, 6) is 0.0802. The van der Waals surface area contributed by atoms with Gasteiger partial charge in [-0.15, -0.1) is 0 Å². The summed E-state index contributed by atoms with van der Waals surface area (Å²) in [4.78, 5) is 28.2. The fraction of sp³-hybridized carbons (Fsp3) is 0.316. The number of nitrogens with one attached hydrogen (secondary N) is 2. The van der Waals surface area contributed by atoms with Gasteiger partial charge in [-0.1, -0.05) is 18.2 Å². The molecule has 0 spiro atoms. The second kappa shape index (κ2) is 6.83. The molecule has 24 heavy (non-hydrogen) atoms. The Morgan fingerprint density at radius 3 is 2.46 bits per heavy atom. The summed E-state index contributed by atoms with van der Waals surface area (Å²) in [5, 5.41) is 5.85. The van der Waals surface area contributed by atoms with Gasteiger partial charge in [0.1, 0.15) is 5.69 Å². The lowest BCUT2D eigenvalue weighted by molar-refractivity contribution is -0.117. The van der Waals surface area contributed by atoms with E-state index in [1.165, 1.54) is 0 Å². The van der Waals surface area contributed by atoms with Crippen LogP contribution in [-0.2, 0) is 4.79 Å². The van der Waals surface area contributed by atoms with Crippen molar-refractivity contribution in [1.29, 1.82) is 0 Å². The molecule has 3 rings (SSSR count). The van der Waals surface area contributed by atoms with Crippen molar-refractivity contribution in [3.63, 3.8) is 0 Å². The second-order valence-electron chi connectivity index (χ2n) is 6.24. The predicted molar refractivity (Wildman–Crippen MR) is 92.7 cm³/mol. The molecular weight excluding hydrogens is 302 g/mol. The molecule has 2 aromatic rings. The van der Waals surface area contributed by atoms with Crippen molar-refractivity contribution >= 4 is 17.5 Å². The van der Waals surface area contributed by atoms with Crippen LogP contribution in [0.3, 0.4) is 0 Å². The highest BCUT2D eigenvalue weighted by Crippen LogP contribution is 2.30. The highest BCUT2D eigenvalue weighted by atomic mass is 16.2. The third-order valence-corrected chi connectivity index (χ3v) is 4.09. The SMILES string of the molecule is Cc1cccc(C(=O)N[C@@H](C)c2ccc(NC(=O)C3CC3)cc2)n1. The average molecular weight is 323 g/mol. The van der Waals surface area contributed by atoms with E-state index in [0.717, 1.165) is 29.8 Å². The standard InChI is InChI=1S/C19H21N3O2/c1-12-4-3-5-17(20-12)19(24)21-13(2)14-8-10-16(11-9-14)22-18(23)15-6-7-15/h3-5,8-11,13,15H,6-7H2,1-2H3,(H,21,24)(H,22,23)/t13-/m0/s1. The van der Waals surface area contributed by atoms with Gasteiger partial charge in [-0.05, 0) is 56.5 Å². The molecule has 1 aliphatic carbocycles. The van der Waals surface area contributed by atoms with Gasteiger partial charge in [0, 0.05) is 17.3 Å². The van der Waals surface area contributed by atoms with E-state index in [0.29, 0.717) is 5.69 Å². The Bertz CT molecular complexity index is 751. The summed E-state index contributed by atoms with van der Waals surface area (Å²) in [6.45, 7) is 3.78.